The first-order valence-corrected chi connectivity index (χ1v) is 13.8. The number of hydrogen-bond acceptors (Lipinski definition) is 5. The summed E-state index contributed by atoms with van der Waals surface area (Å²) in [7, 11) is 0. The molecule has 10 heteroatoms. The summed E-state index contributed by atoms with van der Waals surface area (Å²) in [5.41, 5.74) is 0.537. The summed E-state index contributed by atoms with van der Waals surface area (Å²) in [6.07, 6.45) is -0.522. The van der Waals surface area contributed by atoms with Gasteiger partial charge in [0, 0.05) is 35.6 Å². The first-order chi connectivity index (χ1) is 19.1. The second kappa shape index (κ2) is 10.6. The number of carbonyl (C=O) groups excluding carboxylic acids is 2. The molecule has 9 nitrogen and oxygen atoms in total. The van der Waals surface area contributed by atoms with Gasteiger partial charge >= 0.3 is 12.1 Å². The fraction of sp³-hybridized carbons (Fsp3) is 0.267. The number of likely N-dealkylation sites (tertiary alicyclic amines) is 1. The zero-order chi connectivity index (χ0) is 28.6. The average molecular weight is 559 g/mol. The van der Waals surface area contributed by atoms with E-state index in [9.17, 15) is 24.3 Å². The minimum absolute atomic E-state index is 0.233. The Bertz CT molecular complexity index is 1640. The molecular formula is C30H30N4O5S. The lowest BCUT2D eigenvalue weighted by atomic mass is 10.0. The predicted octanol–water partition coefficient (Wildman–Crippen LogP) is 5.67. The lowest BCUT2D eigenvalue weighted by molar-refractivity contribution is 0.0731. The molecule has 2 aromatic heterocycles. The van der Waals surface area contributed by atoms with Crippen LogP contribution >= 0.6 is 11.3 Å². The molecule has 2 N–H and O–H groups in total. The first kappa shape index (κ1) is 27.1. The molecule has 3 heterocycles. The van der Waals surface area contributed by atoms with Gasteiger partial charge in [-0.3, -0.25) is 24.4 Å². The Morgan fingerprint density at radius 1 is 0.975 bits per heavy atom. The van der Waals surface area contributed by atoms with E-state index < -0.39 is 17.7 Å². The number of carbonyl (C=O) groups is 3. The summed E-state index contributed by atoms with van der Waals surface area (Å²) < 4.78 is 1.54. The number of nitrogens with one attached hydrogen (secondary N) is 1. The van der Waals surface area contributed by atoms with Crippen molar-refractivity contribution in [3.8, 4) is 5.69 Å². The number of carboxylic acid groups (broad SMARTS) is 1. The van der Waals surface area contributed by atoms with E-state index in [0.717, 1.165) is 11.3 Å². The third-order valence-corrected chi connectivity index (χ3v) is 8.09. The number of fused-ring (bicyclic) bond motifs is 1. The number of thiophene rings is 1. The van der Waals surface area contributed by atoms with Crippen molar-refractivity contribution < 1.29 is 19.5 Å². The molecule has 0 spiro atoms. The van der Waals surface area contributed by atoms with E-state index in [2.05, 4.69) is 5.32 Å². The van der Waals surface area contributed by atoms with Crippen molar-refractivity contribution in [2.24, 2.45) is 0 Å². The SMILES string of the molecule is CC(C)(C)N(C(=O)O)[C@@H]1CCN(C(=O)Nc2sc3c(ccc(=O)n3-c3ccccc3)c2C(=O)c2ccccc2)C1. The maximum absolute atomic E-state index is 13.8. The Morgan fingerprint density at radius 2 is 1.62 bits per heavy atom. The zero-order valence-electron chi connectivity index (χ0n) is 22.5. The summed E-state index contributed by atoms with van der Waals surface area (Å²) in [4.78, 5) is 55.7. The topological polar surface area (TPSA) is 112 Å². The molecule has 0 radical (unpaired) electrons. The highest BCUT2D eigenvalue weighted by Crippen LogP contribution is 2.38. The van der Waals surface area contributed by atoms with E-state index in [-0.39, 0.29) is 23.9 Å². The number of hydrogen-bond donors (Lipinski definition) is 2. The molecular weight excluding hydrogens is 528 g/mol. The van der Waals surface area contributed by atoms with Crippen molar-refractivity contribution in [1.29, 1.82) is 0 Å². The molecule has 1 atom stereocenters. The second-order valence-electron chi connectivity index (χ2n) is 10.7. The van der Waals surface area contributed by atoms with Gasteiger partial charge in [0.2, 0.25) is 0 Å². The minimum atomic E-state index is -1.03. The summed E-state index contributed by atoms with van der Waals surface area (Å²) >= 11 is 1.16. The van der Waals surface area contributed by atoms with Crippen LogP contribution in [-0.2, 0) is 0 Å². The van der Waals surface area contributed by atoms with Crippen molar-refractivity contribution >= 4 is 44.5 Å². The van der Waals surface area contributed by atoms with E-state index in [0.29, 0.717) is 45.0 Å². The Hall–Kier alpha value is -4.44. The number of para-hydroxylation sites is 1. The molecule has 3 amide bonds. The van der Waals surface area contributed by atoms with Gasteiger partial charge in [-0.2, -0.15) is 0 Å². The number of nitrogens with zero attached hydrogens (tertiary/aromatic N) is 3. The lowest BCUT2D eigenvalue weighted by Crippen LogP contribution is -2.52. The van der Waals surface area contributed by atoms with Gasteiger partial charge in [0.25, 0.3) is 5.56 Å². The van der Waals surface area contributed by atoms with E-state index in [1.54, 1.807) is 35.2 Å². The third-order valence-electron chi connectivity index (χ3n) is 6.98. The predicted molar refractivity (Wildman–Crippen MR) is 156 cm³/mol. The highest BCUT2D eigenvalue weighted by Gasteiger charge is 2.39. The number of urea groups is 1. The lowest BCUT2D eigenvalue weighted by Gasteiger charge is -2.37. The number of anilines is 1. The molecule has 1 aliphatic heterocycles. The number of pyridine rings is 1. The number of rotatable bonds is 5. The van der Waals surface area contributed by atoms with Crippen molar-refractivity contribution in [2.75, 3.05) is 18.4 Å². The Balaban J connectivity index is 1.55. The molecule has 1 aliphatic rings. The highest BCUT2D eigenvalue weighted by atomic mass is 32.1. The van der Waals surface area contributed by atoms with Crippen molar-refractivity contribution in [3.63, 3.8) is 0 Å². The van der Waals surface area contributed by atoms with Crippen LogP contribution in [0.1, 0.15) is 43.1 Å². The van der Waals surface area contributed by atoms with Crippen molar-refractivity contribution in [3.05, 3.63) is 94.3 Å². The van der Waals surface area contributed by atoms with E-state index >= 15 is 0 Å². The van der Waals surface area contributed by atoms with E-state index in [1.165, 1.54) is 15.5 Å². The molecule has 1 saturated heterocycles. The second-order valence-corrected chi connectivity index (χ2v) is 11.7. The normalized spacial score (nSPS) is 15.3. The van der Waals surface area contributed by atoms with Crippen LogP contribution in [0.25, 0.3) is 15.9 Å². The van der Waals surface area contributed by atoms with Crippen molar-refractivity contribution in [1.82, 2.24) is 14.4 Å². The number of benzene rings is 2. The van der Waals surface area contributed by atoms with Crippen LogP contribution in [0.4, 0.5) is 14.6 Å². The number of aromatic nitrogens is 1. The average Bonchev–Trinajstić information content (AvgIpc) is 3.53. The molecule has 4 aromatic rings. The Morgan fingerprint density at radius 3 is 2.25 bits per heavy atom. The van der Waals surface area contributed by atoms with Gasteiger partial charge in [0.05, 0.1) is 17.3 Å². The standard InChI is InChI=1S/C30H30N4O5S/c1-30(2,3)34(29(38)39)21-16-17-32(18-21)28(37)31-26-24(25(36)19-10-6-4-7-11-19)22-14-15-23(35)33(27(22)40-26)20-12-8-5-9-13-20/h4-15,21H,16-18H2,1-3H3,(H,31,37)(H,38,39)/t21-/m1/s1. The largest absolute Gasteiger partial charge is 0.465 e. The maximum atomic E-state index is 13.8. The van der Waals surface area contributed by atoms with Crippen molar-refractivity contribution in [2.45, 2.75) is 38.8 Å². The van der Waals surface area contributed by atoms with Crippen LogP contribution < -0.4 is 10.9 Å². The molecule has 206 valence electrons. The molecule has 0 bridgehead atoms. The molecule has 1 fully saturated rings. The van der Waals surface area contributed by atoms with Crippen LogP contribution in [-0.4, -0.2) is 62.1 Å². The number of ketones is 1. The molecule has 5 rings (SSSR count). The van der Waals surface area contributed by atoms with Gasteiger partial charge < -0.3 is 10.0 Å². The van der Waals surface area contributed by atoms with Gasteiger partial charge in [-0.05, 0) is 45.4 Å². The fourth-order valence-electron chi connectivity index (χ4n) is 5.25. The molecule has 40 heavy (non-hydrogen) atoms. The zero-order valence-corrected chi connectivity index (χ0v) is 23.3. The van der Waals surface area contributed by atoms with E-state index in [1.807, 2.05) is 57.2 Å². The molecule has 0 saturated carbocycles. The van der Waals surface area contributed by atoms with Gasteiger partial charge in [-0.15, -0.1) is 0 Å². The van der Waals surface area contributed by atoms with Gasteiger partial charge in [-0.1, -0.05) is 59.9 Å². The molecule has 2 aromatic carbocycles. The Labute approximate surface area is 235 Å². The van der Waals surface area contributed by atoms with Crippen LogP contribution in [0.15, 0.2) is 77.6 Å². The maximum Gasteiger partial charge on any atom is 0.408 e. The van der Waals surface area contributed by atoms with Crippen LogP contribution in [0.3, 0.4) is 0 Å². The number of amides is 3. The van der Waals surface area contributed by atoms with Crippen LogP contribution in [0, 0.1) is 0 Å². The summed E-state index contributed by atoms with van der Waals surface area (Å²) in [6, 6.07) is 20.2. The van der Waals surface area contributed by atoms with Gasteiger partial charge in [0.1, 0.15) is 9.83 Å². The summed E-state index contributed by atoms with van der Waals surface area (Å²) in [5, 5.41) is 13.6. The summed E-state index contributed by atoms with van der Waals surface area (Å²) in [6.45, 7) is 6.09. The van der Waals surface area contributed by atoms with Gasteiger partial charge in [-0.25, -0.2) is 9.59 Å². The third kappa shape index (κ3) is 5.10. The fourth-order valence-corrected chi connectivity index (χ4v) is 6.46. The van der Waals surface area contributed by atoms with Gasteiger partial charge in [0.15, 0.2) is 5.78 Å². The molecule has 0 unspecified atom stereocenters. The smallest absolute Gasteiger partial charge is 0.408 e. The van der Waals surface area contributed by atoms with E-state index in [4.69, 9.17) is 0 Å². The quantitative estimate of drug-likeness (QED) is 0.307. The summed E-state index contributed by atoms with van der Waals surface area (Å²) in [5.74, 6) is -0.274. The van der Waals surface area contributed by atoms with Crippen LogP contribution in [0.5, 0.6) is 0 Å². The van der Waals surface area contributed by atoms with Crippen LogP contribution in [0.2, 0.25) is 0 Å². The minimum Gasteiger partial charge on any atom is -0.465 e. The monoisotopic (exact) mass is 558 g/mol. The highest BCUT2D eigenvalue weighted by molar-refractivity contribution is 7.23. The molecule has 0 aliphatic carbocycles. The first-order valence-electron chi connectivity index (χ1n) is 13.0. The Kier molecular flexibility index (Phi) is 7.20.